The van der Waals surface area contributed by atoms with Crippen molar-refractivity contribution in [3.05, 3.63) is 35.6 Å². The maximum Gasteiger partial charge on any atom is 0.408 e. The average Bonchev–Trinajstić information content (AvgIpc) is 2.49. The van der Waals surface area contributed by atoms with Crippen LogP contribution in [0.4, 0.5) is 9.18 Å². The molecule has 0 aliphatic carbocycles. The van der Waals surface area contributed by atoms with Gasteiger partial charge in [0.15, 0.2) is 0 Å². The number of hydrogen-bond donors (Lipinski definition) is 3. The number of carbonyl (C=O) groups is 2. The molecule has 0 radical (unpaired) electrons. The highest BCUT2D eigenvalue weighted by molar-refractivity contribution is 5.81. The van der Waals surface area contributed by atoms with Crippen LogP contribution in [0.5, 0.6) is 0 Å². The number of amides is 1. The molecule has 0 saturated heterocycles. The molecule has 4 N–H and O–H groups in total. The summed E-state index contributed by atoms with van der Waals surface area (Å²) in [6.45, 7) is 5.92. The number of esters is 1. The Labute approximate surface area is 146 Å². The van der Waals surface area contributed by atoms with Crippen molar-refractivity contribution < 1.29 is 23.8 Å². The van der Waals surface area contributed by atoms with Crippen molar-refractivity contribution in [3.8, 4) is 0 Å². The van der Waals surface area contributed by atoms with E-state index in [4.69, 9.17) is 10.5 Å². The van der Waals surface area contributed by atoms with E-state index in [2.05, 4.69) is 5.32 Å². The summed E-state index contributed by atoms with van der Waals surface area (Å²) >= 11 is 0. The molecular formula is C17H26FN3O4. The third-order valence-corrected chi connectivity index (χ3v) is 3.23. The van der Waals surface area contributed by atoms with E-state index in [1.807, 2.05) is 0 Å². The number of ether oxygens (including phenoxy) is 1. The monoisotopic (exact) mass is 355 g/mol. The van der Waals surface area contributed by atoms with Gasteiger partial charge >= 0.3 is 12.1 Å². The van der Waals surface area contributed by atoms with E-state index in [1.165, 1.54) is 24.3 Å². The minimum absolute atomic E-state index is 0.0656. The molecule has 0 spiro atoms. The van der Waals surface area contributed by atoms with Gasteiger partial charge in [-0.15, -0.1) is 0 Å². The SMILES string of the molecule is CC(C)(C)OC(=O)C(CNCCN)N(Cc1ccc(F)cc1)C(=O)O. The highest BCUT2D eigenvalue weighted by Crippen LogP contribution is 2.15. The first-order valence-electron chi connectivity index (χ1n) is 8.01. The lowest BCUT2D eigenvalue weighted by atomic mass is 10.1. The van der Waals surface area contributed by atoms with Crippen molar-refractivity contribution in [3.63, 3.8) is 0 Å². The third kappa shape index (κ3) is 7.49. The van der Waals surface area contributed by atoms with Gasteiger partial charge in [-0.05, 0) is 38.5 Å². The first kappa shape index (κ1) is 20.9. The predicted octanol–water partition coefficient (Wildman–Crippen LogP) is 1.56. The normalized spacial score (nSPS) is 12.5. The largest absolute Gasteiger partial charge is 0.465 e. The number of hydrogen-bond acceptors (Lipinski definition) is 5. The molecule has 1 unspecified atom stereocenters. The van der Waals surface area contributed by atoms with E-state index in [9.17, 15) is 19.1 Å². The highest BCUT2D eigenvalue weighted by Gasteiger charge is 2.33. The van der Waals surface area contributed by atoms with Crippen molar-refractivity contribution >= 4 is 12.1 Å². The lowest BCUT2D eigenvalue weighted by Crippen LogP contribution is -2.51. The van der Waals surface area contributed by atoms with Gasteiger partial charge in [-0.25, -0.2) is 14.0 Å². The summed E-state index contributed by atoms with van der Waals surface area (Å²) in [6, 6.07) is 4.39. The maximum atomic E-state index is 13.0. The number of benzene rings is 1. The quantitative estimate of drug-likeness (QED) is 0.483. The molecule has 1 amide bonds. The Kier molecular flexibility index (Phi) is 7.79. The van der Waals surface area contributed by atoms with Gasteiger partial charge in [0.2, 0.25) is 0 Å². The van der Waals surface area contributed by atoms with Crippen LogP contribution in [0.15, 0.2) is 24.3 Å². The summed E-state index contributed by atoms with van der Waals surface area (Å²) < 4.78 is 18.4. The van der Waals surface area contributed by atoms with Crippen LogP contribution in [0.3, 0.4) is 0 Å². The molecule has 1 aromatic rings. The standard InChI is InChI=1S/C17H26FN3O4/c1-17(2,3)25-15(22)14(10-20-9-8-19)21(16(23)24)11-12-4-6-13(18)7-5-12/h4-7,14,20H,8-11,19H2,1-3H3,(H,23,24). The Hall–Kier alpha value is -2.19. The Morgan fingerprint density at radius 1 is 1.32 bits per heavy atom. The van der Waals surface area contributed by atoms with E-state index in [0.29, 0.717) is 18.7 Å². The smallest absolute Gasteiger partial charge is 0.408 e. The fourth-order valence-electron chi connectivity index (χ4n) is 2.13. The number of halogens is 1. The number of nitrogens with two attached hydrogens (primary N) is 1. The second-order valence-electron chi connectivity index (χ2n) is 6.58. The number of nitrogens with one attached hydrogen (secondary N) is 1. The Bertz CT molecular complexity index is 572. The molecule has 140 valence electrons. The van der Waals surface area contributed by atoms with Crippen molar-refractivity contribution in [2.75, 3.05) is 19.6 Å². The van der Waals surface area contributed by atoms with E-state index in [0.717, 1.165) is 4.90 Å². The zero-order valence-electron chi connectivity index (χ0n) is 14.8. The van der Waals surface area contributed by atoms with Crippen molar-refractivity contribution in [2.24, 2.45) is 5.73 Å². The van der Waals surface area contributed by atoms with Crippen LogP contribution >= 0.6 is 0 Å². The second kappa shape index (κ2) is 9.33. The van der Waals surface area contributed by atoms with Gasteiger partial charge in [0.25, 0.3) is 0 Å². The Balaban J connectivity index is 3.00. The van der Waals surface area contributed by atoms with Gasteiger partial charge in [-0.2, -0.15) is 0 Å². The molecule has 1 atom stereocenters. The fourth-order valence-corrected chi connectivity index (χ4v) is 2.13. The first-order chi connectivity index (χ1) is 11.6. The van der Waals surface area contributed by atoms with Crippen molar-refractivity contribution in [1.82, 2.24) is 10.2 Å². The van der Waals surface area contributed by atoms with Crippen LogP contribution in [0, 0.1) is 5.82 Å². The molecule has 0 aliphatic rings. The molecule has 0 aromatic heterocycles. The summed E-state index contributed by atoms with van der Waals surface area (Å²) in [5.74, 6) is -1.07. The Morgan fingerprint density at radius 2 is 1.92 bits per heavy atom. The topological polar surface area (TPSA) is 105 Å². The number of carbonyl (C=O) groups excluding carboxylic acids is 1. The summed E-state index contributed by atoms with van der Waals surface area (Å²) in [5.41, 5.74) is 5.24. The predicted molar refractivity (Wildman–Crippen MR) is 91.5 cm³/mol. The molecule has 0 bridgehead atoms. The summed E-state index contributed by atoms with van der Waals surface area (Å²) in [5, 5.41) is 12.5. The first-order valence-corrected chi connectivity index (χ1v) is 8.01. The highest BCUT2D eigenvalue weighted by atomic mass is 19.1. The van der Waals surface area contributed by atoms with Crippen molar-refractivity contribution in [2.45, 2.75) is 39.0 Å². The van der Waals surface area contributed by atoms with Crippen molar-refractivity contribution in [1.29, 1.82) is 0 Å². The van der Waals surface area contributed by atoms with Gasteiger partial charge in [0.1, 0.15) is 17.5 Å². The lowest BCUT2D eigenvalue weighted by molar-refractivity contribution is -0.160. The molecule has 0 fully saturated rings. The van der Waals surface area contributed by atoms with Gasteiger partial charge < -0.3 is 20.9 Å². The maximum absolute atomic E-state index is 13.0. The minimum atomic E-state index is -1.27. The summed E-state index contributed by atoms with van der Waals surface area (Å²) in [6.07, 6.45) is -1.27. The Morgan fingerprint density at radius 3 is 2.40 bits per heavy atom. The van der Waals surface area contributed by atoms with E-state index in [-0.39, 0.29) is 13.1 Å². The third-order valence-electron chi connectivity index (χ3n) is 3.23. The summed E-state index contributed by atoms with van der Waals surface area (Å²) in [4.78, 5) is 25.2. The minimum Gasteiger partial charge on any atom is -0.465 e. The zero-order chi connectivity index (χ0) is 19.0. The van der Waals surface area contributed by atoms with E-state index < -0.39 is 29.5 Å². The molecule has 7 nitrogen and oxygen atoms in total. The molecule has 25 heavy (non-hydrogen) atoms. The second-order valence-corrected chi connectivity index (χ2v) is 6.58. The van der Waals surface area contributed by atoms with Crippen LogP contribution in [-0.2, 0) is 16.1 Å². The number of carboxylic acid groups (broad SMARTS) is 1. The number of nitrogens with zero attached hydrogens (tertiary/aromatic N) is 1. The van der Waals surface area contributed by atoms with E-state index >= 15 is 0 Å². The molecule has 8 heteroatoms. The van der Waals surface area contributed by atoms with Crippen LogP contribution < -0.4 is 11.1 Å². The van der Waals surface area contributed by atoms with Crippen LogP contribution in [0.1, 0.15) is 26.3 Å². The molecule has 0 heterocycles. The average molecular weight is 355 g/mol. The van der Waals surface area contributed by atoms with Crippen LogP contribution in [0.25, 0.3) is 0 Å². The molecule has 1 aromatic carbocycles. The zero-order valence-corrected chi connectivity index (χ0v) is 14.8. The molecule has 0 aliphatic heterocycles. The fraction of sp³-hybridized carbons (Fsp3) is 0.529. The van der Waals surface area contributed by atoms with Crippen LogP contribution in [-0.4, -0.2) is 53.3 Å². The lowest BCUT2D eigenvalue weighted by Gasteiger charge is -2.31. The summed E-state index contributed by atoms with van der Waals surface area (Å²) in [7, 11) is 0. The van der Waals surface area contributed by atoms with Crippen LogP contribution in [0.2, 0.25) is 0 Å². The van der Waals surface area contributed by atoms with Gasteiger partial charge in [-0.3, -0.25) is 4.90 Å². The van der Waals surface area contributed by atoms with Gasteiger partial charge in [0, 0.05) is 26.2 Å². The van der Waals surface area contributed by atoms with Gasteiger partial charge in [-0.1, -0.05) is 12.1 Å². The van der Waals surface area contributed by atoms with Gasteiger partial charge in [0.05, 0.1) is 0 Å². The van der Waals surface area contributed by atoms with E-state index in [1.54, 1.807) is 20.8 Å². The molecule has 1 rings (SSSR count). The molecular weight excluding hydrogens is 329 g/mol. The number of rotatable bonds is 8. The molecule has 0 saturated carbocycles.